The zero-order valence-electron chi connectivity index (χ0n) is 14.9. The van der Waals surface area contributed by atoms with Gasteiger partial charge in [0.15, 0.2) is 0 Å². The minimum Gasteiger partial charge on any atom is -0.352 e. The number of amides is 3. The van der Waals surface area contributed by atoms with E-state index in [1.54, 1.807) is 24.3 Å². The summed E-state index contributed by atoms with van der Waals surface area (Å²) >= 11 is 0. The van der Waals surface area contributed by atoms with Crippen molar-refractivity contribution in [3.63, 3.8) is 0 Å². The lowest BCUT2D eigenvalue weighted by molar-refractivity contribution is 0.0950. The van der Waals surface area contributed by atoms with Crippen molar-refractivity contribution in [1.29, 1.82) is 0 Å². The summed E-state index contributed by atoms with van der Waals surface area (Å²) < 4.78 is 0. The third-order valence-corrected chi connectivity index (χ3v) is 4.06. The van der Waals surface area contributed by atoms with Gasteiger partial charge in [-0.05, 0) is 76.4 Å². The summed E-state index contributed by atoms with van der Waals surface area (Å²) in [7, 11) is 0. The van der Waals surface area contributed by atoms with Crippen molar-refractivity contribution < 1.29 is 9.59 Å². The number of urea groups is 1. The van der Waals surface area contributed by atoms with Crippen LogP contribution in [0.5, 0.6) is 0 Å². The minimum absolute atomic E-state index is 0. The SMILES string of the molecule is CC(C)NC(=O)Nc1ccc(C(=O)NCCC2CCCNC2)cc1.Cl. The van der Waals surface area contributed by atoms with E-state index in [4.69, 9.17) is 0 Å². The highest BCUT2D eigenvalue weighted by atomic mass is 35.5. The number of piperidine rings is 1. The fraction of sp³-hybridized carbons (Fsp3) is 0.556. The lowest BCUT2D eigenvalue weighted by Gasteiger charge is -2.22. The lowest BCUT2D eigenvalue weighted by atomic mass is 9.96. The van der Waals surface area contributed by atoms with E-state index in [-0.39, 0.29) is 30.4 Å². The predicted octanol–water partition coefficient (Wildman–Crippen LogP) is 2.76. The van der Waals surface area contributed by atoms with E-state index in [0.29, 0.717) is 23.7 Å². The molecule has 0 radical (unpaired) electrons. The van der Waals surface area contributed by atoms with Gasteiger partial charge >= 0.3 is 6.03 Å². The molecule has 1 unspecified atom stereocenters. The number of benzene rings is 1. The van der Waals surface area contributed by atoms with Gasteiger partial charge in [-0.3, -0.25) is 4.79 Å². The van der Waals surface area contributed by atoms with Crippen molar-refractivity contribution in [2.45, 2.75) is 39.2 Å². The first-order chi connectivity index (χ1) is 11.5. The second-order valence-corrected chi connectivity index (χ2v) is 6.59. The first kappa shape index (κ1) is 21.3. The van der Waals surface area contributed by atoms with Crippen LogP contribution < -0.4 is 21.3 Å². The standard InChI is InChI=1S/C18H28N4O2.ClH/c1-13(2)21-18(24)22-16-7-5-15(6-8-16)17(23)20-11-9-14-4-3-10-19-12-14;/h5-8,13-14,19H,3-4,9-12H2,1-2H3,(H,20,23)(H2,21,22,24);1H. The molecule has 1 atom stereocenters. The molecule has 2 rings (SSSR count). The number of carbonyl (C=O) groups is 2. The molecule has 3 amide bonds. The Hall–Kier alpha value is -1.79. The van der Waals surface area contributed by atoms with Gasteiger partial charge in [-0.2, -0.15) is 0 Å². The molecule has 6 nitrogen and oxygen atoms in total. The fourth-order valence-electron chi connectivity index (χ4n) is 2.80. The Kier molecular flexibility index (Phi) is 9.31. The van der Waals surface area contributed by atoms with E-state index in [0.717, 1.165) is 19.5 Å². The molecule has 25 heavy (non-hydrogen) atoms. The summed E-state index contributed by atoms with van der Waals surface area (Å²) in [5.41, 5.74) is 1.27. The first-order valence-corrected chi connectivity index (χ1v) is 8.71. The van der Waals surface area contributed by atoms with Gasteiger partial charge in [0.05, 0.1) is 0 Å². The van der Waals surface area contributed by atoms with E-state index < -0.39 is 0 Å². The average molecular weight is 369 g/mol. The quantitative estimate of drug-likeness (QED) is 0.623. The van der Waals surface area contributed by atoms with Crippen LogP contribution in [-0.4, -0.2) is 37.6 Å². The summed E-state index contributed by atoms with van der Waals surface area (Å²) in [6.45, 7) is 6.65. The minimum atomic E-state index is -0.247. The van der Waals surface area contributed by atoms with Gasteiger partial charge in [0, 0.05) is 23.8 Å². The van der Waals surface area contributed by atoms with Crippen LogP contribution in [0.15, 0.2) is 24.3 Å². The van der Waals surface area contributed by atoms with Crippen LogP contribution in [0.25, 0.3) is 0 Å². The number of carbonyl (C=O) groups excluding carboxylic acids is 2. The average Bonchev–Trinajstić information content (AvgIpc) is 2.55. The molecule has 7 heteroatoms. The summed E-state index contributed by atoms with van der Waals surface area (Å²) in [5.74, 6) is 0.585. The molecule has 0 aliphatic carbocycles. The maximum absolute atomic E-state index is 12.1. The Labute approximate surface area is 155 Å². The highest BCUT2D eigenvalue weighted by Gasteiger charge is 2.13. The van der Waals surface area contributed by atoms with Gasteiger partial charge in [-0.1, -0.05) is 0 Å². The summed E-state index contributed by atoms with van der Waals surface area (Å²) in [6.07, 6.45) is 3.47. The van der Waals surface area contributed by atoms with Crippen molar-refractivity contribution in [2.24, 2.45) is 5.92 Å². The Morgan fingerprint density at radius 1 is 1.24 bits per heavy atom. The van der Waals surface area contributed by atoms with Crippen LogP contribution in [0.2, 0.25) is 0 Å². The van der Waals surface area contributed by atoms with Crippen LogP contribution >= 0.6 is 12.4 Å². The second-order valence-electron chi connectivity index (χ2n) is 6.59. The highest BCUT2D eigenvalue weighted by molar-refractivity contribution is 5.95. The van der Waals surface area contributed by atoms with Crippen LogP contribution in [0.1, 0.15) is 43.5 Å². The number of halogens is 1. The maximum Gasteiger partial charge on any atom is 0.319 e. The molecule has 1 aromatic carbocycles. The van der Waals surface area contributed by atoms with E-state index in [1.165, 1.54) is 12.8 Å². The molecule has 0 aromatic heterocycles. The zero-order valence-corrected chi connectivity index (χ0v) is 15.7. The number of hydrogen-bond acceptors (Lipinski definition) is 3. The second kappa shape index (κ2) is 10.9. The largest absolute Gasteiger partial charge is 0.352 e. The molecule has 140 valence electrons. The van der Waals surface area contributed by atoms with E-state index in [2.05, 4.69) is 21.3 Å². The first-order valence-electron chi connectivity index (χ1n) is 8.71. The molecular formula is C18H29ClN4O2. The van der Waals surface area contributed by atoms with Crippen molar-refractivity contribution in [3.05, 3.63) is 29.8 Å². The Morgan fingerprint density at radius 2 is 1.96 bits per heavy atom. The van der Waals surface area contributed by atoms with Gasteiger partial charge in [0.1, 0.15) is 0 Å². The van der Waals surface area contributed by atoms with E-state index in [1.807, 2.05) is 13.8 Å². The summed E-state index contributed by atoms with van der Waals surface area (Å²) in [4.78, 5) is 23.8. The van der Waals surface area contributed by atoms with Crippen LogP contribution in [0.3, 0.4) is 0 Å². The smallest absolute Gasteiger partial charge is 0.319 e. The molecule has 1 aliphatic heterocycles. The fourth-order valence-corrected chi connectivity index (χ4v) is 2.80. The molecular weight excluding hydrogens is 340 g/mol. The number of rotatable bonds is 6. The van der Waals surface area contributed by atoms with Gasteiger partial charge in [0.2, 0.25) is 0 Å². The normalized spacial score (nSPS) is 16.7. The van der Waals surface area contributed by atoms with Crippen molar-refractivity contribution in [3.8, 4) is 0 Å². The van der Waals surface area contributed by atoms with Crippen molar-refractivity contribution >= 4 is 30.0 Å². The van der Waals surface area contributed by atoms with Crippen LogP contribution in [0.4, 0.5) is 10.5 Å². The molecule has 4 N–H and O–H groups in total. The third-order valence-electron chi connectivity index (χ3n) is 4.06. The van der Waals surface area contributed by atoms with Crippen molar-refractivity contribution in [1.82, 2.24) is 16.0 Å². The number of hydrogen-bond donors (Lipinski definition) is 4. The third kappa shape index (κ3) is 7.75. The molecule has 1 aromatic rings. The summed E-state index contributed by atoms with van der Waals surface area (Å²) in [6, 6.07) is 6.75. The van der Waals surface area contributed by atoms with Crippen LogP contribution in [-0.2, 0) is 0 Å². The molecule has 1 saturated heterocycles. The Bertz CT molecular complexity index is 543. The van der Waals surface area contributed by atoms with Gasteiger partial charge < -0.3 is 21.3 Å². The topological polar surface area (TPSA) is 82.3 Å². The number of nitrogens with one attached hydrogen (secondary N) is 4. The van der Waals surface area contributed by atoms with E-state index in [9.17, 15) is 9.59 Å². The molecule has 1 heterocycles. The lowest BCUT2D eigenvalue weighted by Crippen LogP contribution is -2.34. The highest BCUT2D eigenvalue weighted by Crippen LogP contribution is 2.13. The maximum atomic E-state index is 12.1. The van der Waals surface area contributed by atoms with E-state index >= 15 is 0 Å². The molecule has 1 aliphatic rings. The Balaban J connectivity index is 0.00000312. The molecule has 0 spiro atoms. The van der Waals surface area contributed by atoms with Gasteiger partial charge in [-0.15, -0.1) is 12.4 Å². The molecule has 1 fully saturated rings. The van der Waals surface area contributed by atoms with Crippen molar-refractivity contribution in [2.75, 3.05) is 25.0 Å². The number of anilines is 1. The Morgan fingerprint density at radius 3 is 2.56 bits per heavy atom. The summed E-state index contributed by atoms with van der Waals surface area (Å²) in [5, 5.41) is 11.8. The monoisotopic (exact) mass is 368 g/mol. The van der Waals surface area contributed by atoms with Gasteiger partial charge in [-0.25, -0.2) is 4.79 Å². The van der Waals surface area contributed by atoms with Crippen LogP contribution in [0, 0.1) is 5.92 Å². The van der Waals surface area contributed by atoms with Gasteiger partial charge in [0.25, 0.3) is 5.91 Å². The molecule has 0 saturated carbocycles. The molecule has 0 bridgehead atoms. The zero-order chi connectivity index (χ0) is 17.4. The predicted molar refractivity (Wildman–Crippen MR) is 104 cm³/mol.